The van der Waals surface area contributed by atoms with Crippen LogP contribution in [-0.2, 0) is 16.2 Å². The Morgan fingerprint density at radius 2 is 1.71 bits per heavy atom. The minimum Gasteiger partial charge on any atom is -0.545 e. The molecule has 1 aliphatic heterocycles. The van der Waals surface area contributed by atoms with Crippen molar-refractivity contribution in [3.05, 3.63) is 100 Å². The molecule has 0 spiro atoms. The molecule has 3 aromatic rings. The average Bonchev–Trinajstić information content (AvgIpc) is 2.82. The van der Waals surface area contributed by atoms with E-state index < -0.39 is 23.8 Å². The highest BCUT2D eigenvalue weighted by Crippen LogP contribution is 2.29. The first-order chi connectivity index (χ1) is 16.3. The first-order valence-corrected chi connectivity index (χ1v) is 10.4. The molecule has 4 rings (SSSR count). The molecule has 170 valence electrons. The van der Waals surface area contributed by atoms with Crippen LogP contribution in [0.25, 0.3) is 6.08 Å². The van der Waals surface area contributed by atoms with E-state index in [1.165, 1.54) is 36.4 Å². The van der Waals surface area contributed by atoms with Gasteiger partial charge >= 0.3 is 6.03 Å². The van der Waals surface area contributed by atoms with Crippen LogP contribution in [-0.4, -0.2) is 23.8 Å². The number of benzene rings is 3. The number of anilines is 1. The van der Waals surface area contributed by atoms with Gasteiger partial charge in [0.25, 0.3) is 11.8 Å². The molecule has 8 nitrogen and oxygen atoms in total. The maximum Gasteiger partial charge on any atom is 0.335 e. The molecule has 0 unspecified atom stereocenters. The zero-order valence-electron chi connectivity index (χ0n) is 17.5. The second-order valence-corrected chi connectivity index (χ2v) is 7.63. The van der Waals surface area contributed by atoms with E-state index in [4.69, 9.17) is 16.3 Å². The Hall–Kier alpha value is -4.43. The summed E-state index contributed by atoms with van der Waals surface area (Å²) < 4.78 is 5.62. The molecule has 0 atom stereocenters. The number of carboxylic acids is 1. The zero-order chi connectivity index (χ0) is 24.2. The topological polar surface area (TPSA) is 116 Å². The molecule has 1 aliphatic rings. The molecule has 1 heterocycles. The standard InChI is InChI=1S/C25H17ClN2O6/c26-19-8-4-5-9-20(19)28-23(30)18(22(29)27-25(28)33)13-16-10-11-21(17(12-16)24(31)32)34-14-15-6-2-1-3-7-15/h1-13H,14H2,(H,31,32)(H,27,29,33)/p-1/b18-13+. The summed E-state index contributed by atoms with van der Waals surface area (Å²) in [7, 11) is 0. The molecular weight excluding hydrogens is 460 g/mol. The van der Waals surface area contributed by atoms with Gasteiger partial charge in [-0.1, -0.05) is 60.1 Å². The van der Waals surface area contributed by atoms with Crippen molar-refractivity contribution in [2.24, 2.45) is 0 Å². The Kier molecular flexibility index (Phi) is 6.42. The molecule has 0 aromatic heterocycles. The van der Waals surface area contributed by atoms with Gasteiger partial charge in [0, 0.05) is 5.56 Å². The van der Waals surface area contributed by atoms with E-state index in [1.807, 2.05) is 30.3 Å². The Labute approximate surface area is 199 Å². The number of carboxylic acid groups (broad SMARTS) is 1. The van der Waals surface area contributed by atoms with Gasteiger partial charge in [0.05, 0.1) is 16.7 Å². The SMILES string of the molecule is O=C1NC(=O)N(c2ccccc2Cl)C(=O)/C1=C/c1ccc(OCc2ccccc2)c(C(=O)[O-])c1. The Morgan fingerprint density at radius 1 is 1.00 bits per heavy atom. The number of carbonyl (C=O) groups is 4. The zero-order valence-corrected chi connectivity index (χ0v) is 18.2. The van der Waals surface area contributed by atoms with E-state index in [2.05, 4.69) is 5.32 Å². The third-order valence-corrected chi connectivity index (χ3v) is 5.29. The number of carbonyl (C=O) groups excluding carboxylic acids is 4. The second-order valence-electron chi connectivity index (χ2n) is 7.23. The minimum atomic E-state index is -1.49. The number of rotatable bonds is 6. The molecule has 4 amide bonds. The van der Waals surface area contributed by atoms with Gasteiger partial charge in [-0.15, -0.1) is 0 Å². The van der Waals surface area contributed by atoms with Gasteiger partial charge in [-0.3, -0.25) is 14.9 Å². The lowest BCUT2D eigenvalue weighted by Crippen LogP contribution is -2.54. The summed E-state index contributed by atoms with van der Waals surface area (Å²) in [6, 6.07) is 18.5. The largest absolute Gasteiger partial charge is 0.545 e. The molecule has 34 heavy (non-hydrogen) atoms. The van der Waals surface area contributed by atoms with Gasteiger partial charge in [0.1, 0.15) is 17.9 Å². The third kappa shape index (κ3) is 4.67. The quantitative estimate of drug-likeness (QED) is 0.433. The highest BCUT2D eigenvalue weighted by Gasteiger charge is 2.37. The van der Waals surface area contributed by atoms with Crippen molar-refractivity contribution in [3.8, 4) is 5.75 Å². The van der Waals surface area contributed by atoms with Crippen LogP contribution in [0.2, 0.25) is 5.02 Å². The summed E-state index contributed by atoms with van der Waals surface area (Å²) in [5, 5.41) is 13.9. The van der Waals surface area contributed by atoms with Crippen LogP contribution in [0.5, 0.6) is 5.75 Å². The molecule has 0 bridgehead atoms. The van der Waals surface area contributed by atoms with E-state index in [9.17, 15) is 24.3 Å². The van der Waals surface area contributed by atoms with Crippen LogP contribution < -0.4 is 20.1 Å². The van der Waals surface area contributed by atoms with E-state index >= 15 is 0 Å². The summed E-state index contributed by atoms with van der Waals surface area (Å²) in [4.78, 5) is 50.2. The van der Waals surface area contributed by atoms with E-state index in [1.54, 1.807) is 12.1 Å². The number of aromatic carboxylic acids is 1. The van der Waals surface area contributed by atoms with Crippen LogP contribution in [0.4, 0.5) is 10.5 Å². The number of barbiturate groups is 1. The van der Waals surface area contributed by atoms with E-state index in [0.717, 1.165) is 10.5 Å². The van der Waals surface area contributed by atoms with Crippen molar-refractivity contribution in [3.63, 3.8) is 0 Å². The van der Waals surface area contributed by atoms with Gasteiger partial charge in [-0.05, 0) is 41.5 Å². The van der Waals surface area contributed by atoms with Crippen molar-refractivity contribution in [1.29, 1.82) is 0 Å². The highest BCUT2D eigenvalue weighted by atomic mass is 35.5. The fraction of sp³-hybridized carbons (Fsp3) is 0.0400. The van der Waals surface area contributed by atoms with Gasteiger partial charge in [0.2, 0.25) is 0 Å². The summed E-state index contributed by atoms with van der Waals surface area (Å²) in [5.74, 6) is -3.24. The number of halogens is 1. The molecule has 0 aliphatic carbocycles. The normalized spacial score (nSPS) is 14.8. The molecular formula is C25H16ClN2O6-. The molecule has 1 fully saturated rings. The van der Waals surface area contributed by atoms with Crippen molar-refractivity contribution in [2.75, 3.05) is 4.90 Å². The molecule has 1 N–H and O–H groups in total. The molecule has 3 aromatic carbocycles. The first kappa shape index (κ1) is 22.8. The average molecular weight is 476 g/mol. The maximum atomic E-state index is 13.0. The number of amides is 4. The van der Waals surface area contributed by atoms with Crippen molar-refractivity contribution in [1.82, 2.24) is 5.32 Å². The van der Waals surface area contributed by atoms with E-state index in [-0.39, 0.29) is 39.8 Å². The lowest BCUT2D eigenvalue weighted by molar-refractivity contribution is -0.255. The highest BCUT2D eigenvalue weighted by molar-refractivity contribution is 6.42. The lowest BCUT2D eigenvalue weighted by Gasteiger charge is -2.27. The molecule has 1 saturated heterocycles. The van der Waals surface area contributed by atoms with Crippen LogP contribution in [0, 0.1) is 0 Å². The predicted octanol–water partition coefficient (Wildman–Crippen LogP) is 2.95. The number of nitrogens with one attached hydrogen (secondary N) is 1. The van der Waals surface area contributed by atoms with Gasteiger partial charge in [0.15, 0.2) is 0 Å². The molecule has 0 saturated carbocycles. The number of imide groups is 2. The lowest BCUT2D eigenvalue weighted by atomic mass is 10.0. The fourth-order valence-electron chi connectivity index (χ4n) is 3.33. The monoisotopic (exact) mass is 475 g/mol. The smallest absolute Gasteiger partial charge is 0.335 e. The molecule has 9 heteroatoms. The summed E-state index contributed by atoms with van der Waals surface area (Å²) in [5.41, 5.74) is 0.532. The number of para-hydroxylation sites is 1. The summed E-state index contributed by atoms with van der Waals surface area (Å²) >= 11 is 6.12. The predicted molar refractivity (Wildman–Crippen MR) is 122 cm³/mol. The van der Waals surface area contributed by atoms with Crippen LogP contribution >= 0.6 is 11.6 Å². The number of hydrogen-bond acceptors (Lipinski definition) is 6. The second kappa shape index (κ2) is 9.60. The number of hydrogen-bond donors (Lipinski definition) is 1. The Balaban J connectivity index is 1.65. The van der Waals surface area contributed by atoms with Gasteiger partial charge in [-0.25, -0.2) is 9.69 Å². The maximum absolute atomic E-state index is 13.0. The van der Waals surface area contributed by atoms with Crippen LogP contribution in [0.3, 0.4) is 0 Å². The first-order valence-electron chi connectivity index (χ1n) is 10.0. The van der Waals surface area contributed by atoms with E-state index in [0.29, 0.717) is 0 Å². The van der Waals surface area contributed by atoms with Gasteiger partial charge < -0.3 is 14.6 Å². The van der Waals surface area contributed by atoms with Gasteiger partial charge in [-0.2, -0.15) is 0 Å². The third-order valence-electron chi connectivity index (χ3n) is 4.97. The Bertz CT molecular complexity index is 1340. The van der Waals surface area contributed by atoms with Crippen molar-refractivity contribution < 1.29 is 29.0 Å². The summed E-state index contributed by atoms with van der Waals surface area (Å²) in [6.45, 7) is 0.136. The van der Waals surface area contributed by atoms with Crippen LogP contribution in [0.1, 0.15) is 21.5 Å². The number of nitrogens with zero attached hydrogens (tertiary/aromatic N) is 1. The Morgan fingerprint density at radius 3 is 2.41 bits per heavy atom. The minimum absolute atomic E-state index is 0.0679. The van der Waals surface area contributed by atoms with Crippen molar-refractivity contribution in [2.45, 2.75) is 6.61 Å². The van der Waals surface area contributed by atoms with Crippen LogP contribution in [0.15, 0.2) is 78.4 Å². The molecule has 0 radical (unpaired) electrons. The van der Waals surface area contributed by atoms with Crippen molar-refractivity contribution >= 4 is 47.2 Å². The number of urea groups is 1. The summed E-state index contributed by atoms with van der Waals surface area (Å²) in [6.07, 6.45) is 1.18. The number of ether oxygens (including phenoxy) is 1. The fourth-order valence-corrected chi connectivity index (χ4v) is 3.55.